The highest BCUT2D eigenvalue weighted by Gasteiger charge is 2.08. The Morgan fingerprint density at radius 1 is 0.963 bits per heavy atom. The fourth-order valence-corrected chi connectivity index (χ4v) is 2.91. The zero-order valence-electron chi connectivity index (χ0n) is 14.7. The van der Waals surface area contributed by atoms with E-state index < -0.39 is 5.97 Å². The normalized spacial score (nSPS) is 10.1. The molecule has 0 aromatic heterocycles. The number of carboxylic acid groups (broad SMARTS) is 1. The maximum Gasteiger partial charge on any atom is 0.303 e. The molecule has 0 bridgehead atoms. The molecule has 0 spiro atoms. The number of carbonyl (C=O) groups excluding carboxylic acids is 2. The summed E-state index contributed by atoms with van der Waals surface area (Å²) in [4.78, 5) is 35.1. The molecule has 0 heterocycles. The molecule has 7 nitrogen and oxygen atoms in total. The zero-order valence-corrected chi connectivity index (χ0v) is 15.5. The van der Waals surface area contributed by atoms with Gasteiger partial charge in [-0.3, -0.25) is 14.4 Å². The van der Waals surface area contributed by atoms with Crippen LogP contribution < -0.4 is 15.4 Å². The fourth-order valence-electron chi connectivity index (χ4n) is 2.15. The molecule has 27 heavy (non-hydrogen) atoms. The van der Waals surface area contributed by atoms with Crippen LogP contribution in [0.25, 0.3) is 0 Å². The Morgan fingerprint density at radius 2 is 1.63 bits per heavy atom. The van der Waals surface area contributed by atoms with Crippen molar-refractivity contribution in [2.75, 3.05) is 23.5 Å². The summed E-state index contributed by atoms with van der Waals surface area (Å²) >= 11 is 1.33. The molecule has 0 aliphatic rings. The van der Waals surface area contributed by atoms with Gasteiger partial charge in [-0.25, -0.2) is 0 Å². The average molecular weight is 388 g/mol. The number of hydrogen-bond donors (Lipinski definition) is 3. The Bertz CT molecular complexity index is 825. The van der Waals surface area contributed by atoms with E-state index in [1.807, 2.05) is 6.07 Å². The third-order valence-corrected chi connectivity index (χ3v) is 4.40. The van der Waals surface area contributed by atoms with Gasteiger partial charge >= 0.3 is 5.97 Å². The number of amides is 2. The van der Waals surface area contributed by atoms with E-state index in [1.54, 1.807) is 49.6 Å². The van der Waals surface area contributed by atoms with E-state index in [0.717, 1.165) is 4.90 Å². The first-order valence-corrected chi connectivity index (χ1v) is 9.13. The summed E-state index contributed by atoms with van der Waals surface area (Å²) in [6.07, 6.45) is -0.305. The van der Waals surface area contributed by atoms with Crippen LogP contribution in [-0.4, -0.2) is 35.8 Å². The van der Waals surface area contributed by atoms with Gasteiger partial charge in [-0.1, -0.05) is 12.1 Å². The van der Waals surface area contributed by atoms with Gasteiger partial charge in [0, 0.05) is 28.8 Å². The molecule has 0 unspecified atom stereocenters. The second-order valence-electron chi connectivity index (χ2n) is 5.54. The van der Waals surface area contributed by atoms with Crippen LogP contribution in [0.2, 0.25) is 0 Å². The minimum Gasteiger partial charge on any atom is -0.497 e. The predicted molar refractivity (Wildman–Crippen MR) is 104 cm³/mol. The van der Waals surface area contributed by atoms with Gasteiger partial charge in [0.1, 0.15) is 5.75 Å². The number of carboxylic acids is 1. The molecular weight excluding hydrogens is 368 g/mol. The van der Waals surface area contributed by atoms with Crippen molar-refractivity contribution in [2.45, 2.75) is 17.7 Å². The Morgan fingerprint density at radius 3 is 2.33 bits per heavy atom. The summed E-state index contributed by atoms with van der Waals surface area (Å²) < 4.78 is 5.12. The van der Waals surface area contributed by atoms with Gasteiger partial charge in [-0.15, -0.1) is 11.8 Å². The number of hydrogen-bond acceptors (Lipinski definition) is 5. The Balaban J connectivity index is 1.85. The van der Waals surface area contributed by atoms with Gasteiger partial charge in [0.25, 0.3) is 0 Å². The van der Waals surface area contributed by atoms with Crippen molar-refractivity contribution in [3.63, 3.8) is 0 Å². The number of methoxy groups -OCH3 is 1. The molecule has 0 saturated heterocycles. The van der Waals surface area contributed by atoms with E-state index in [2.05, 4.69) is 10.6 Å². The number of rotatable bonds is 9. The molecule has 3 N–H and O–H groups in total. The van der Waals surface area contributed by atoms with E-state index in [1.165, 1.54) is 11.8 Å². The minimum atomic E-state index is -1.02. The molecule has 0 fully saturated rings. The smallest absolute Gasteiger partial charge is 0.303 e. The lowest BCUT2D eigenvalue weighted by molar-refractivity contribution is -0.138. The van der Waals surface area contributed by atoms with Crippen LogP contribution in [0.4, 0.5) is 11.4 Å². The molecule has 0 atom stereocenters. The highest BCUT2D eigenvalue weighted by molar-refractivity contribution is 8.00. The van der Waals surface area contributed by atoms with E-state index in [0.29, 0.717) is 17.1 Å². The second-order valence-corrected chi connectivity index (χ2v) is 6.59. The topological polar surface area (TPSA) is 105 Å². The van der Waals surface area contributed by atoms with Crippen molar-refractivity contribution in [3.05, 3.63) is 48.5 Å². The fraction of sp³-hybridized carbons (Fsp3) is 0.211. The summed E-state index contributed by atoms with van der Waals surface area (Å²) in [7, 11) is 1.56. The number of carbonyl (C=O) groups is 3. The van der Waals surface area contributed by atoms with Crippen LogP contribution in [0.3, 0.4) is 0 Å². The first kappa shape index (κ1) is 20.3. The summed E-state index contributed by atoms with van der Waals surface area (Å²) in [5.74, 6) is -0.684. The summed E-state index contributed by atoms with van der Waals surface area (Å²) in [6, 6.07) is 14.1. The van der Waals surface area contributed by atoms with E-state index in [4.69, 9.17) is 9.84 Å². The van der Waals surface area contributed by atoms with Crippen molar-refractivity contribution in [1.29, 1.82) is 0 Å². The monoisotopic (exact) mass is 388 g/mol. The van der Waals surface area contributed by atoms with Gasteiger partial charge in [0.2, 0.25) is 11.8 Å². The van der Waals surface area contributed by atoms with E-state index >= 15 is 0 Å². The maximum atomic E-state index is 12.1. The lowest BCUT2D eigenvalue weighted by Gasteiger charge is -2.08. The number of aliphatic carboxylic acids is 1. The van der Waals surface area contributed by atoms with Crippen molar-refractivity contribution in [3.8, 4) is 5.75 Å². The molecule has 0 radical (unpaired) electrons. The Kier molecular flexibility index (Phi) is 7.69. The molecular formula is C19H20N2O5S. The Labute approximate surface area is 161 Å². The maximum absolute atomic E-state index is 12.1. The van der Waals surface area contributed by atoms with Crippen LogP contribution in [0.15, 0.2) is 53.4 Å². The average Bonchev–Trinajstić information content (AvgIpc) is 2.65. The van der Waals surface area contributed by atoms with Crippen LogP contribution in [0.5, 0.6) is 5.75 Å². The van der Waals surface area contributed by atoms with Crippen LogP contribution in [0, 0.1) is 0 Å². The van der Waals surface area contributed by atoms with Gasteiger partial charge < -0.3 is 20.5 Å². The number of ether oxygens (including phenoxy) is 1. The molecule has 2 aromatic rings. The van der Waals surface area contributed by atoms with Crippen molar-refractivity contribution >= 4 is 40.9 Å². The Hall–Kier alpha value is -3.00. The first-order chi connectivity index (χ1) is 13.0. The van der Waals surface area contributed by atoms with Crippen molar-refractivity contribution in [1.82, 2.24) is 0 Å². The second kappa shape index (κ2) is 10.2. The van der Waals surface area contributed by atoms with Gasteiger partial charge in [0.05, 0.1) is 19.3 Å². The van der Waals surface area contributed by atoms with E-state index in [9.17, 15) is 14.4 Å². The molecule has 8 heteroatoms. The zero-order chi connectivity index (χ0) is 19.6. The number of benzene rings is 2. The molecule has 142 valence electrons. The largest absolute Gasteiger partial charge is 0.497 e. The highest BCUT2D eigenvalue weighted by Crippen LogP contribution is 2.23. The lowest BCUT2D eigenvalue weighted by atomic mass is 10.2. The molecule has 0 saturated carbocycles. The van der Waals surface area contributed by atoms with Crippen LogP contribution in [-0.2, 0) is 14.4 Å². The molecule has 2 amide bonds. The number of anilines is 2. The summed E-state index contributed by atoms with van der Waals surface area (Å²) in [5, 5.41) is 14.0. The first-order valence-electron chi connectivity index (χ1n) is 8.14. The standard InChI is InChI=1S/C19H20N2O5S/c1-26-15-6-2-4-13(10-15)21-18(23)12-27-16-7-3-5-14(11-16)20-17(22)8-9-19(24)25/h2-7,10-11H,8-9,12H2,1H3,(H,20,22)(H,21,23)(H,24,25). The third kappa shape index (κ3) is 7.41. The number of thioether (sulfide) groups is 1. The van der Waals surface area contributed by atoms with Gasteiger partial charge in [-0.05, 0) is 30.3 Å². The molecule has 2 aromatic carbocycles. The van der Waals surface area contributed by atoms with Crippen molar-refractivity contribution in [2.24, 2.45) is 0 Å². The third-order valence-electron chi connectivity index (χ3n) is 3.41. The van der Waals surface area contributed by atoms with Gasteiger partial charge in [0.15, 0.2) is 0 Å². The summed E-state index contributed by atoms with van der Waals surface area (Å²) in [5.41, 5.74) is 1.21. The summed E-state index contributed by atoms with van der Waals surface area (Å²) in [6.45, 7) is 0. The molecule has 0 aliphatic carbocycles. The van der Waals surface area contributed by atoms with Crippen LogP contribution in [0.1, 0.15) is 12.8 Å². The minimum absolute atomic E-state index is 0.0877. The van der Waals surface area contributed by atoms with Gasteiger partial charge in [-0.2, -0.15) is 0 Å². The van der Waals surface area contributed by atoms with Crippen molar-refractivity contribution < 1.29 is 24.2 Å². The lowest BCUT2D eigenvalue weighted by Crippen LogP contribution is -2.14. The SMILES string of the molecule is COc1cccc(NC(=O)CSc2cccc(NC(=O)CCC(=O)O)c2)c1. The quantitative estimate of drug-likeness (QED) is 0.570. The van der Waals surface area contributed by atoms with E-state index in [-0.39, 0.29) is 30.4 Å². The predicted octanol–water partition coefficient (Wildman–Crippen LogP) is 3.23. The highest BCUT2D eigenvalue weighted by atomic mass is 32.2. The van der Waals surface area contributed by atoms with Crippen LogP contribution >= 0.6 is 11.8 Å². The molecule has 2 rings (SSSR count). The number of nitrogens with one attached hydrogen (secondary N) is 2. The molecule has 0 aliphatic heterocycles.